The summed E-state index contributed by atoms with van der Waals surface area (Å²) in [6.07, 6.45) is 2.15. The number of benzene rings is 1. The topological polar surface area (TPSA) is 38.5 Å². The van der Waals surface area contributed by atoms with E-state index in [9.17, 15) is 4.39 Å². The molecule has 0 spiro atoms. The minimum atomic E-state index is -0.143. The number of hydrogen-bond donors (Lipinski definition) is 1. The highest BCUT2D eigenvalue weighted by molar-refractivity contribution is 5.17. The second-order valence-corrected chi connectivity index (χ2v) is 5.62. The SMILES string of the molecule is CN(Cc1ccccc1F)CC1(CN)CCCOC1. The number of nitrogens with two attached hydrogens (primary N) is 1. The van der Waals surface area contributed by atoms with Crippen LogP contribution in [0.1, 0.15) is 18.4 Å². The largest absolute Gasteiger partial charge is 0.381 e. The first-order valence-electron chi connectivity index (χ1n) is 6.85. The van der Waals surface area contributed by atoms with Crippen LogP contribution in [0.3, 0.4) is 0 Å². The molecule has 0 amide bonds. The molecule has 1 aliphatic heterocycles. The molecule has 1 heterocycles. The molecule has 3 nitrogen and oxygen atoms in total. The van der Waals surface area contributed by atoms with Crippen molar-refractivity contribution in [1.82, 2.24) is 4.90 Å². The Labute approximate surface area is 114 Å². The second kappa shape index (κ2) is 6.46. The Kier molecular flexibility index (Phi) is 4.91. The fourth-order valence-corrected chi connectivity index (χ4v) is 2.81. The maximum Gasteiger partial charge on any atom is 0.127 e. The molecule has 106 valence electrons. The maximum absolute atomic E-state index is 13.6. The molecule has 1 fully saturated rings. The van der Waals surface area contributed by atoms with Crippen molar-refractivity contribution in [3.8, 4) is 0 Å². The molecule has 1 aliphatic rings. The summed E-state index contributed by atoms with van der Waals surface area (Å²) in [5, 5.41) is 0. The van der Waals surface area contributed by atoms with Crippen molar-refractivity contribution in [1.29, 1.82) is 0 Å². The lowest BCUT2D eigenvalue weighted by Gasteiger charge is -2.39. The number of rotatable bonds is 5. The Morgan fingerprint density at radius 2 is 2.21 bits per heavy atom. The highest BCUT2D eigenvalue weighted by Crippen LogP contribution is 2.28. The summed E-state index contributed by atoms with van der Waals surface area (Å²) in [7, 11) is 2.01. The fraction of sp³-hybridized carbons (Fsp3) is 0.600. The van der Waals surface area contributed by atoms with Gasteiger partial charge in [-0.05, 0) is 26.0 Å². The van der Waals surface area contributed by atoms with Crippen molar-refractivity contribution in [2.75, 3.05) is 33.4 Å². The molecular weight excluding hydrogens is 243 g/mol. The highest BCUT2D eigenvalue weighted by atomic mass is 19.1. The Hall–Kier alpha value is -0.970. The van der Waals surface area contributed by atoms with E-state index in [0.29, 0.717) is 19.7 Å². The molecule has 1 saturated heterocycles. The minimum Gasteiger partial charge on any atom is -0.381 e. The van der Waals surface area contributed by atoms with E-state index in [4.69, 9.17) is 10.5 Å². The summed E-state index contributed by atoms with van der Waals surface area (Å²) in [6, 6.07) is 6.92. The zero-order valence-corrected chi connectivity index (χ0v) is 11.6. The van der Waals surface area contributed by atoms with Crippen LogP contribution in [0.4, 0.5) is 4.39 Å². The summed E-state index contributed by atoms with van der Waals surface area (Å²) in [6.45, 7) is 3.62. The van der Waals surface area contributed by atoms with E-state index < -0.39 is 0 Å². The van der Waals surface area contributed by atoms with E-state index in [0.717, 1.165) is 31.6 Å². The van der Waals surface area contributed by atoms with Crippen molar-refractivity contribution in [2.24, 2.45) is 11.1 Å². The molecule has 1 aromatic carbocycles. The van der Waals surface area contributed by atoms with Crippen LogP contribution >= 0.6 is 0 Å². The average molecular weight is 266 g/mol. The lowest BCUT2D eigenvalue weighted by atomic mass is 9.82. The standard InChI is InChI=1S/C15H23FN2O/c1-18(9-13-5-2-3-6-14(13)16)11-15(10-17)7-4-8-19-12-15/h2-3,5-6H,4,7-12,17H2,1H3. The molecule has 0 radical (unpaired) electrons. The third kappa shape index (κ3) is 3.75. The molecule has 1 aromatic rings. The van der Waals surface area contributed by atoms with Crippen LogP contribution in [-0.2, 0) is 11.3 Å². The molecule has 0 saturated carbocycles. The van der Waals surface area contributed by atoms with Gasteiger partial charge in [0.05, 0.1) is 6.61 Å². The minimum absolute atomic E-state index is 0.0260. The van der Waals surface area contributed by atoms with Crippen LogP contribution in [0.2, 0.25) is 0 Å². The van der Waals surface area contributed by atoms with Crippen molar-refractivity contribution in [3.63, 3.8) is 0 Å². The molecule has 1 unspecified atom stereocenters. The van der Waals surface area contributed by atoms with Gasteiger partial charge in [0.1, 0.15) is 5.82 Å². The number of nitrogens with zero attached hydrogens (tertiary/aromatic N) is 1. The van der Waals surface area contributed by atoms with Gasteiger partial charge in [0.25, 0.3) is 0 Å². The summed E-state index contributed by atoms with van der Waals surface area (Å²) >= 11 is 0. The summed E-state index contributed by atoms with van der Waals surface area (Å²) < 4.78 is 19.2. The van der Waals surface area contributed by atoms with Crippen LogP contribution in [0.5, 0.6) is 0 Å². The van der Waals surface area contributed by atoms with E-state index in [1.807, 2.05) is 19.2 Å². The van der Waals surface area contributed by atoms with Gasteiger partial charge in [-0.3, -0.25) is 0 Å². The van der Waals surface area contributed by atoms with Crippen LogP contribution in [0, 0.1) is 11.2 Å². The zero-order valence-electron chi connectivity index (χ0n) is 11.6. The maximum atomic E-state index is 13.6. The van der Waals surface area contributed by atoms with E-state index >= 15 is 0 Å². The van der Waals surface area contributed by atoms with Gasteiger partial charge in [-0.25, -0.2) is 4.39 Å². The smallest absolute Gasteiger partial charge is 0.127 e. The number of halogens is 1. The highest BCUT2D eigenvalue weighted by Gasteiger charge is 2.32. The predicted molar refractivity (Wildman–Crippen MR) is 74.3 cm³/mol. The van der Waals surface area contributed by atoms with Crippen molar-refractivity contribution >= 4 is 0 Å². The van der Waals surface area contributed by atoms with Crippen molar-refractivity contribution in [3.05, 3.63) is 35.6 Å². The molecule has 0 aliphatic carbocycles. The van der Waals surface area contributed by atoms with Gasteiger partial charge in [-0.15, -0.1) is 0 Å². The summed E-state index contributed by atoms with van der Waals surface area (Å²) in [4.78, 5) is 2.14. The molecule has 0 bridgehead atoms. The van der Waals surface area contributed by atoms with E-state index in [2.05, 4.69) is 4.90 Å². The van der Waals surface area contributed by atoms with Crippen LogP contribution < -0.4 is 5.73 Å². The zero-order chi connectivity index (χ0) is 13.7. The van der Waals surface area contributed by atoms with Crippen LogP contribution in [0.25, 0.3) is 0 Å². The molecular formula is C15H23FN2O. The summed E-state index contributed by atoms with van der Waals surface area (Å²) in [5.41, 5.74) is 6.69. The van der Waals surface area contributed by atoms with Gasteiger partial charge in [-0.1, -0.05) is 18.2 Å². The third-order valence-electron chi connectivity index (χ3n) is 3.84. The molecule has 1 atom stereocenters. The average Bonchev–Trinajstić information content (AvgIpc) is 2.42. The lowest BCUT2D eigenvalue weighted by molar-refractivity contribution is -0.0193. The molecule has 0 aromatic heterocycles. The second-order valence-electron chi connectivity index (χ2n) is 5.62. The van der Waals surface area contributed by atoms with Crippen LogP contribution in [0.15, 0.2) is 24.3 Å². The molecule has 4 heteroatoms. The Bertz CT molecular complexity index is 405. The first kappa shape index (κ1) is 14.4. The van der Waals surface area contributed by atoms with Crippen molar-refractivity contribution < 1.29 is 9.13 Å². The first-order valence-corrected chi connectivity index (χ1v) is 6.85. The van der Waals surface area contributed by atoms with E-state index in [1.165, 1.54) is 6.07 Å². The monoisotopic (exact) mass is 266 g/mol. The van der Waals surface area contributed by atoms with Crippen LogP contribution in [-0.4, -0.2) is 38.3 Å². The third-order valence-corrected chi connectivity index (χ3v) is 3.84. The van der Waals surface area contributed by atoms with Gasteiger partial charge >= 0.3 is 0 Å². The number of hydrogen-bond acceptors (Lipinski definition) is 3. The van der Waals surface area contributed by atoms with Gasteiger partial charge in [-0.2, -0.15) is 0 Å². The van der Waals surface area contributed by atoms with Gasteiger partial charge in [0.2, 0.25) is 0 Å². The van der Waals surface area contributed by atoms with Gasteiger partial charge < -0.3 is 15.4 Å². The molecule has 2 rings (SSSR count). The van der Waals surface area contributed by atoms with E-state index in [1.54, 1.807) is 6.07 Å². The molecule has 19 heavy (non-hydrogen) atoms. The quantitative estimate of drug-likeness (QED) is 0.886. The molecule has 2 N–H and O–H groups in total. The predicted octanol–water partition coefficient (Wildman–Crippen LogP) is 2.01. The number of ether oxygens (including phenoxy) is 1. The summed E-state index contributed by atoms with van der Waals surface area (Å²) in [5.74, 6) is -0.143. The Morgan fingerprint density at radius 3 is 2.84 bits per heavy atom. The van der Waals surface area contributed by atoms with Crippen molar-refractivity contribution in [2.45, 2.75) is 19.4 Å². The Balaban J connectivity index is 1.96. The van der Waals surface area contributed by atoms with Gasteiger partial charge in [0.15, 0.2) is 0 Å². The van der Waals surface area contributed by atoms with Gasteiger partial charge in [0, 0.05) is 37.2 Å². The van der Waals surface area contributed by atoms with E-state index in [-0.39, 0.29) is 11.2 Å². The lowest BCUT2D eigenvalue weighted by Crippen LogP contribution is -2.46. The Morgan fingerprint density at radius 1 is 1.42 bits per heavy atom. The first-order chi connectivity index (χ1) is 9.15. The fourth-order valence-electron chi connectivity index (χ4n) is 2.81. The normalized spacial score (nSPS) is 23.8.